The molecule has 1 aliphatic rings. The number of carbonyl (C=O) groups is 2. The van der Waals surface area contributed by atoms with Gasteiger partial charge in [-0.1, -0.05) is 31.5 Å². The molecule has 1 unspecified atom stereocenters. The highest BCUT2D eigenvalue weighted by atomic mass is 16.2. The third-order valence-electron chi connectivity index (χ3n) is 5.42. The van der Waals surface area contributed by atoms with E-state index in [0.29, 0.717) is 12.1 Å². The monoisotopic (exact) mass is 355 g/mol. The molecule has 5 nitrogen and oxygen atoms in total. The zero-order valence-corrected chi connectivity index (χ0v) is 15.8. The van der Waals surface area contributed by atoms with Gasteiger partial charge in [0.15, 0.2) is 0 Å². The number of rotatable bonds is 7. The van der Waals surface area contributed by atoms with Gasteiger partial charge in [-0.15, -0.1) is 0 Å². The zero-order valence-electron chi connectivity index (χ0n) is 15.8. The lowest BCUT2D eigenvalue weighted by Crippen LogP contribution is -2.39. The molecule has 5 heteroatoms. The van der Waals surface area contributed by atoms with E-state index in [4.69, 9.17) is 0 Å². The molecule has 1 amide bonds. The van der Waals surface area contributed by atoms with Crippen LogP contribution in [0.25, 0.3) is 10.9 Å². The van der Waals surface area contributed by atoms with Crippen LogP contribution in [0.2, 0.25) is 0 Å². The number of likely N-dealkylation sites (tertiary alicyclic amines) is 1. The van der Waals surface area contributed by atoms with Crippen molar-refractivity contribution in [2.24, 2.45) is 0 Å². The van der Waals surface area contributed by atoms with Crippen LogP contribution in [0.4, 0.5) is 0 Å². The molecule has 1 aliphatic heterocycles. The van der Waals surface area contributed by atoms with E-state index < -0.39 is 11.7 Å². The Hall–Kier alpha value is -2.14. The first-order chi connectivity index (χ1) is 12.6. The number of nitrogens with zero attached hydrogens (tertiary/aromatic N) is 2. The Morgan fingerprint density at radius 2 is 1.88 bits per heavy atom. The first kappa shape index (κ1) is 18.6. The van der Waals surface area contributed by atoms with Crippen molar-refractivity contribution in [3.63, 3.8) is 0 Å². The first-order valence-corrected chi connectivity index (χ1v) is 9.76. The van der Waals surface area contributed by atoms with Crippen molar-refractivity contribution < 1.29 is 9.59 Å². The van der Waals surface area contributed by atoms with Crippen LogP contribution >= 0.6 is 0 Å². The molecule has 26 heavy (non-hydrogen) atoms. The van der Waals surface area contributed by atoms with Crippen molar-refractivity contribution >= 4 is 22.6 Å². The number of carbonyl (C=O) groups excluding carboxylic acids is 2. The number of piperidine rings is 1. The fraction of sp³-hybridized carbons (Fsp3) is 0.524. The second kappa shape index (κ2) is 8.49. The van der Waals surface area contributed by atoms with Gasteiger partial charge in [0.1, 0.15) is 0 Å². The first-order valence-electron chi connectivity index (χ1n) is 9.76. The number of aromatic nitrogens is 1. The van der Waals surface area contributed by atoms with Gasteiger partial charge in [-0.2, -0.15) is 0 Å². The summed E-state index contributed by atoms with van der Waals surface area (Å²) in [5.41, 5.74) is 1.50. The van der Waals surface area contributed by atoms with E-state index in [9.17, 15) is 9.59 Å². The minimum Gasteiger partial charge on any atom is -0.348 e. The van der Waals surface area contributed by atoms with Gasteiger partial charge in [0.25, 0.3) is 11.7 Å². The van der Waals surface area contributed by atoms with Crippen LogP contribution < -0.4 is 5.32 Å². The molecule has 1 N–H and O–H groups in total. The average molecular weight is 355 g/mol. The summed E-state index contributed by atoms with van der Waals surface area (Å²) < 4.78 is 2.10. The van der Waals surface area contributed by atoms with Gasteiger partial charge in [-0.3, -0.25) is 9.59 Å². The normalized spacial score (nSPS) is 16.5. The van der Waals surface area contributed by atoms with Crippen molar-refractivity contribution in [3.8, 4) is 0 Å². The molecule has 0 bridgehead atoms. The Kier molecular flexibility index (Phi) is 6.09. The van der Waals surface area contributed by atoms with E-state index in [1.165, 1.54) is 19.3 Å². The summed E-state index contributed by atoms with van der Waals surface area (Å²) in [5.74, 6) is -0.948. The molecular weight excluding hydrogens is 326 g/mol. The molecule has 2 heterocycles. The molecule has 2 aromatic rings. The van der Waals surface area contributed by atoms with Crippen LogP contribution in [-0.2, 0) is 4.79 Å². The largest absolute Gasteiger partial charge is 0.348 e. The van der Waals surface area contributed by atoms with E-state index in [1.807, 2.05) is 30.5 Å². The summed E-state index contributed by atoms with van der Waals surface area (Å²) >= 11 is 0. The molecule has 1 aromatic heterocycles. The van der Waals surface area contributed by atoms with Crippen LogP contribution in [0, 0.1) is 0 Å². The summed E-state index contributed by atoms with van der Waals surface area (Å²) in [6.45, 7) is 7.76. The fourth-order valence-corrected chi connectivity index (χ4v) is 3.66. The van der Waals surface area contributed by atoms with Crippen LogP contribution in [-0.4, -0.2) is 47.3 Å². The van der Waals surface area contributed by atoms with Gasteiger partial charge >= 0.3 is 0 Å². The number of hydrogen-bond donors (Lipinski definition) is 1. The molecular formula is C21H29N3O2. The molecule has 0 saturated carbocycles. The number of nitrogens with one attached hydrogen (secondary N) is 1. The Labute approximate surface area is 155 Å². The van der Waals surface area contributed by atoms with Crippen LogP contribution in [0.15, 0.2) is 30.5 Å². The molecule has 0 spiro atoms. The quantitative estimate of drug-likeness (QED) is 0.612. The van der Waals surface area contributed by atoms with Gasteiger partial charge in [-0.05, 0) is 45.3 Å². The lowest BCUT2D eigenvalue weighted by Gasteiger charge is -2.26. The van der Waals surface area contributed by atoms with Crippen molar-refractivity contribution in [3.05, 3.63) is 36.0 Å². The maximum Gasteiger partial charge on any atom is 0.292 e. The number of fused-ring (bicyclic) bond motifs is 1. The maximum absolute atomic E-state index is 12.7. The van der Waals surface area contributed by atoms with Crippen molar-refractivity contribution in [1.29, 1.82) is 0 Å². The van der Waals surface area contributed by atoms with Crippen molar-refractivity contribution in [2.45, 2.75) is 45.6 Å². The van der Waals surface area contributed by atoms with E-state index in [-0.39, 0.29) is 6.04 Å². The second-order valence-electron chi connectivity index (χ2n) is 7.21. The number of amides is 1. The van der Waals surface area contributed by atoms with E-state index in [0.717, 1.165) is 37.0 Å². The molecule has 140 valence electrons. The summed E-state index contributed by atoms with van der Waals surface area (Å²) in [5, 5.41) is 3.66. The number of benzene rings is 1. The Bertz CT molecular complexity index is 775. The highest BCUT2D eigenvalue weighted by Gasteiger charge is 2.22. The minimum absolute atomic E-state index is 0.281. The minimum atomic E-state index is -0.505. The summed E-state index contributed by atoms with van der Waals surface area (Å²) in [6.07, 6.45) is 6.55. The zero-order chi connectivity index (χ0) is 18.5. The lowest BCUT2D eigenvalue weighted by molar-refractivity contribution is -0.117. The van der Waals surface area contributed by atoms with Crippen molar-refractivity contribution in [2.75, 3.05) is 26.2 Å². The topological polar surface area (TPSA) is 54.3 Å². The molecule has 1 saturated heterocycles. The molecule has 1 atom stereocenters. The number of ketones is 1. The predicted molar refractivity (Wildman–Crippen MR) is 105 cm³/mol. The summed E-state index contributed by atoms with van der Waals surface area (Å²) in [4.78, 5) is 27.5. The number of Topliss-reactive ketones (excluding diaryl/α,β-unsaturated/α-hetero) is 1. The van der Waals surface area contributed by atoms with Gasteiger partial charge in [-0.25, -0.2) is 0 Å². The van der Waals surface area contributed by atoms with Crippen molar-refractivity contribution in [1.82, 2.24) is 14.8 Å². The molecule has 1 fully saturated rings. The maximum atomic E-state index is 12.7. The fourth-order valence-electron chi connectivity index (χ4n) is 3.66. The van der Waals surface area contributed by atoms with Crippen LogP contribution in [0.3, 0.4) is 0 Å². The van der Waals surface area contributed by atoms with E-state index >= 15 is 0 Å². The smallest absolute Gasteiger partial charge is 0.292 e. The van der Waals surface area contributed by atoms with Gasteiger partial charge in [0.2, 0.25) is 0 Å². The SMILES string of the molecule is CCC(C)n1cc(C(=O)C(=O)NCCN2CCCCC2)c2ccccc21. The summed E-state index contributed by atoms with van der Waals surface area (Å²) in [7, 11) is 0. The predicted octanol–water partition coefficient (Wildman–Crippen LogP) is 3.40. The molecule has 3 rings (SSSR count). The van der Waals surface area contributed by atoms with Gasteiger partial charge in [0.05, 0.1) is 5.56 Å². The third kappa shape index (κ3) is 3.98. The molecule has 0 radical (unpaired) electrons. The Morgan fingerprint density at radius 3 is 2.62 bits per heavy atom. The highest BCUT2D eigenvalue weighted by molar-refractivity contribution is 6.45. The molecule has 0 aliphatic carbocycles. The van der Waals surface area contributed by atoms with Gasteiger partial charge in [0, 0.05) is 36.2 Å². The summed E-state index contributed by atoms with van der Waals surface area (Å²) in [6, 6.07) is 8.08. The van der Waals surface area contributed by atoms with Crippen LogP contribution in [0.5, 0.6) is 0 Å². The van der Waals surface area contributed by atoms with E-state index in [2.05, 4.69) is 28.6 Å². The Balaban J connectivity index is 1.69. The number of para-hydroxylation sites is 1. The highest BCUT2D eigenvalue weighted by Crippen LogP contribution is 2.26. The lowest BCUT2D eigenvalue weighted by atomic mass is 10.1. The number of hydrogen-bond acceptors (Lipinski definition) is 3. The van der Waals surface area contributed by atoms with Gasteiger partial charge < -0.3 is 14.8 Å². The second-order valence-corrected chi connectivity index (χ2v) is 7.21. The standard InChI is InChI=1S/C21H29N3O2/c1-3-16(2)24-15-18(17-9-5-6-10-19(17)24)20(25)21(26)22-11-14-23-12-7-4-8-13-23/h5-6,9-10,15-16H,3-4,7-8,11-14H2,1-2H3,(H,22,26). The third-order valence-corrected chi connectivity index (χ3v) is 5.42. The van der Waals surface area contributed by atoms with E-state index in [1.54, 1.807) is 0 Å². The van der Waals surface area contributed by atoms with Crippen LogP contribution in [0.1, 0.15) is 55.9 Å². The molecule has 1 aromatic carbocycles. The Morgan fingerprint density at radius 1 is 1.15 bits per heavy atom. The average Bonchev–Trinajstić information content (AvgIpc) is 3.07.